The van der Waals surface area contributed by atoms with E-state index >= 15 is 0 Å². The van der Waals surface area contributed by atoms with Crippen molar-refractivity contribution in [2.45, 2.75) is 58.3 Å². The Hall–Kier alpha value is -1.08. The molecule has 144 valence electrons. The van der Waals surface area contributed by atoms with Crippen LogP contribution in [0.1, 0.15) is 50.0 Å². The summed E-state index contributed by atoms with van der Waals surface area (Å²) in [5.41, 5.74) is 1.90. The van der Waals surface area contributed by atoms with Crippen molar-refractivity contribution in [1.29, 1.82) is 0 Å². The topological polar surface area (TPSA) is 50.8 Å². The van der Waals surface area contributed by atoms with Crippen molar-refractivity contribution < 1.29 is 14.1 Å². The lowest BCUT2D eigenvalue weighted by Crippen LogP contribution is -2.41. The highest BCUT2D eigenvalue weighted by atomic mass is 35.5. The molecule has 1 amide bonds. The minimum Gasteiger partial charge on any atom is -0.399 e. The van der Waals surface area contributed by atoms with Crippen molar-refractivity contribution in [2.75, 3.05) is 20.1 Å². The zero-order valence-electron chi connectivity index (χ0n) is 16.6. The van der Waals surface area contributed by atoms with E-state index < -0.39 is 18.3 Å². The Kier molecular flexibility index (Phi) is 6.13. The molecule has 1 aromatic rings. The molecule has 0 bridgehead atoms. The van der Waals surface area contributed by atoms with E-state index in [4.69, 9.17) is 9.31 Å². The SMILES string of the molecule is Cc1ccc(C(=O)N(C)[C@H]2CCNC2)cc1B1OC(C)(C)C(C)(C)O1.Cl. The standard InChI is InChI=1S/C19H29BN2O3.ClH/c1-13-7-8-14(17(23)22(6)15-9-10-21-12-15)11-16(13)20-24-18(2,3)19(4,5)25-20;/h7-8,11,15,21H,9-10,12H2,1-6H3;1H/t15-;/m0./s1. The number of benzene rings is 1. The van der Waals surface area contributed by atoms with E-state index in [1.54, 1.807) is 0 Å². The summed E-state index contributed by atoms with van der Waals surface area (Å²) in [4.78, 5) is 14.7. The largest absolute Gasteiger partial charge is 0.495 e. The van der Waals surface area contributed by atoms with Crippen molar-refractivity contribution in [3.63, 3.8) is 0 Å². The highest BCUT2D eigenvalue weighted by molar-refractivity contribution is 6.62. The van der Waals surface area contributed by atoms with E-state index in [-0.39, 0.29) is 24.4 Å². The number of carbonyl (C=O) groups excluding carboxylic acids is 1. The zero-order valence-corrected chi connectivity index (χ0v) is 17.4. The van der Waals surface area contributed by atoms with Gasteiger partial charge in [-0.15, -0.1) is 12.4 Å². The van der Waals surface area contributed by atoms with Gasteiger partial charge in [0.25, 0.3) is 5.91 Å². The van der Waals surface area contributed by atoms with Gasteiger partial charge in [0.15, 0.2) is 0 Å². The predicted octanol–water partition coefficient (Wildman–Crippen LogP) is 2.15. The van der Waals surface area contributed by atoms with Crippen LogP contribution in [0, 0.1) is 6.92 Å². The van der Waals surface area contributed by atoms with Crippen LogP contribution in [-0.4, -0.2) is 55.3 Å². The number of hydrogen-bond acceptors (Lipinski definition) is 4. The molecule has 3 rings (SSSR count). The molecule has 1 N–H and O–H groups in total. The van der Waals surface area contributed by atoms with E-state index in [2.05, 4.69) is 5.32 Å². The van der Waals surface area contributed by atoms with Gasteiger partial charge in [-0.05, 0) is 65.2 Å². The van der Waals surface area contributed by atoms with E-state index in [0.29, 0.717) is 5.56 Å². The maximum absolute atomic E-state index is 12.9. The van der Waals surface area contributed by atoms with Gasteiger partial charge < -0.3 is 19.5 Å². The number of amides is 1. The van der Waals surface area contributed by atoms with Crippen LogP contribution >= 0.6 is 12.4 Å². The number of aryl methyl sites for hydroxylation is 1. The fourth-order valence-electron chi connectivity index (χ4n) is 3.34. The third-order valence-electron chi connectivity index (χ3n) is 5.94. The van der Waals surface area contributed by atoms with Crippen molar-refractivity contribution in [2.24, 2.45) is 0 Å². The second-order valence-corrected chi connectivity index (χ2v) is 8.22. The number of likely N-dealkylation sites (N-methyl/N-ethyl adjacent to an activating group) is 1. The van der Waals surface area contributed by atoms with E-state index in [1.807, 2.05) is 64.8 Å². The first-order chi connectivity index (χ1) is 11.6. The first-order valence-corrected chi connectivity index (χ1v) is 9.06. The molecule has 26 heavy (non-hydrogen) atoms. The van der Waals surface area contributed by atoms with Crippen molar-refractivity contribution >= 4 is 30.9 Å². The lowest BCUT2D eigenvalue weighted by molar-refractivity contribution is 0.00578. The summed E-state index contributed by atoms with van der Waals surface area (Å²) in [6.07, 6.45) is 0.998. The first kappa shape index (κ1) is 21.2. The second-order valence-electron chi connectivity index (χ2n) is 8.22. The third-order valence-corrected chi connectivity index (χ3v) is 5.94. The van der Waals surface area contributed by atoms with Crippen molar-refractivity contribution in [3.05, 3.63) is 29.3 Å². The Morgan fingerprint density at radius 2 is 1.85 bits per heavy atom. The Balaban J connectivity index is 0.00000243. The third kappa shape index (κ3) is 3.79. The molecule has 7 heteroatoms. The Bertz CT molecular complexity index is 659. The predicted molar refractivity (Wildman–Crippen MR) is 108 cm³/mol. The maximum Gasteiger partial charge on any atom is 0.495 e. The van der Waals surface area contributed by atoms with Gasteiger partial charge >= 0.3 is 7.12 Å². The summed E-state index contributed by atoms with van der Waals surface area (Å²) in [5, 5.41) is 3.31. The van der Waals surface area contributed by atoms with Crippen LogP contribution in [0.5, 0.6) is 0 Å². The smallest absolute Gasteiger partial charge is 0.399 e. The molecule has 2 fully saturated rings. The van der Waals surface area contributed by atoms with E-state index in [1.165, 1.54) is 0 Å². The highest BCUT2D eigenvalue weighted by Gasteiger charge is 2.52. The van der Waals surface area contributed by atoms with Gasteiger partial charge in [0.2, 0.25) is 0 Å². The minimum absolute atomic E-state index is 0. The molecular weight excluding hydrogens is 350 g/mol. The van der Waals surface area contributed by atoms with E-state index in [9.17, 15) is 4.79 Å². The fraction of sp³-hybridized carbons (Fsp3) is 0.632. The van der Waals surface area contributed by atoms with Crippen LogP contribution in [0.3, 0.4) is 0 Å². The number of nitrogens with zero attached hydrogens (tertiary/aromatic N) is 1. The number of carbonyl (C=O) groups is 1. The number of nitrogens with one attached hydrogen (secondary N) is 1. The molecule has 0 radical (unpaired) electrons. The summed E-state index contributed by atoms with van der Waals surface area (Å²) in [6.45, 7) is 12.0. The summed E-state index contributed by atoms with van der Waals surface area (Å²) in [7, 11) is 1.44. The first-order valence-electron chi connectivity index (χ1n) is 9.06. The molecular formula is C19H30BClN2O3. The fourth-order valence-corrected chi connectivity index (χ4v) is 3.34. The number of hydrogen-bond donors (Lipinski definition) is 1. The van der Waals surface area contributed by atoms with Gasteiger partial charge in [0.05, 0.1) is 11.2 Å². The van der Waals surface area contributed by atoms with Crippen LogP contribution in [0.4, 0.5) is 0 Å². The van der Waals surface area contributed by atoms with Gasteiger partial charge in [0, 0.05) is 25.2 Å². The maximum atomic E-state index is 12.9. The van der Waals surface area contributed by atoms with Gasteiger partial charge in [-0.25, -0.2) is 0 Å². The molecule has 0 aliphatic carbocycles. The zero-order chi connectivity index (χ0) is 18.4. The molecule has 2 aliphatic rings. The van der Waals surface area contributed by atoms with Gasteiger partial charge in [-0.1, -0.05) is 11.6 Å². The van der Waals surface area contributed by atoms with Gasteiger partial charge in [-0.3, -0.25) is 4.79 Å². The average molecular weight is 381 g/mol. The molecule has 0 unspecified atom stereocenters. The monoisotopic (exact) mass is 380 g/mol. The minimum atomic E-state index is -0.448. The molecule has 1 aromatic carbocycles. The Morgan fingerprint density at radius 3 is 2.38 bits per heavy atom. The van der Waals surface area contributed by atoms with E-state index in [0.717, 1.165) is 30.5 Å². The summed E-state index contributed by atoms with van der Waals surface area (Å²) >= 11 is 0. The van der Waals surface area contributed by atoms with Crippen LogP contribution in [0.15, 0.2) is 18.2 Å². The quantitative estimate of drug-likeness (QED) is 0.816. The van der Waals surface area contributed by atoms with Crippen LogP contribution < -0.4 is 10.8 Å². The van der Waals surface area contributed by atoms with Crippen LogP contribution in [-0.2, 0) is 9.31 Å². The molecule has 0 aromatic heterocycles. The molecule has 0 saturated carbocycles. The Morgan fingerprint density at radius 1 is 1.23 bits per heavy atom. The lowest BCUT2D eigenvalue weighted by atomic mass is 9.75. The van der Waals surface area contributed by atoms with Crippen LogP contribution in [0.25, 0.3) is 0 Å². The number of halogens is 1. The molecule has 2 saturated heterocycles. The van der Waals surface area contributed by atoms with Crippen molar-refractivity contribution in [1.82, 2.24) is 10.2 Å². The molecule has 2 aliphatic heterocycles. The summed E-state index contributed by atoms with van der Waals surface area (Å²) < 4.78 is 12.3. The summed E-state index contributed by atoms with van der Waals surface area (Å²) in [5.74, 6) is 0.0477. The highest BCUT2D eigenvalue weighted by Crippen LogP contribution is 2.36. The molecule has 1 atom stereocenters. The number of rotatable bonds is 3. The molecule has 2 heterocycles. The molecule has 0 spiro atoms. The van der Waals surface area contributed by atoms with Crippen LogP contribution in [0.2, 0.25) is 0 Å². The van der Waals surface area contributed by atoms with Crippen molar-refractivity contribution in [3.8, 4) is 0 Å². The molecule has 5 nitrogen and oxygen atoms in total. The van der Waals surface area contributed by atoms with Gasteiger partial charge in [-0.2, -0.15) is 0 Å². The average Bonchev–Trinajstić information content (AvgIpc) is 3.13. The van der Waals surface area contributed by atoms with Gasteiger partial charge in [0.1, 0.15) is 0 Å². The summed E-state index contributed by atoms with van der Waals surface area (Å²) in [6, 6.07) is 6.06. The second kappa shape index (κ2) is 7.51. The Labute approximate surface area is 163 Å². The normalized spacial score (nSPS) is 23.6. The lowest BCUT2D eigenvalue weighted by Gasteiger charge is -2.32.